The molecule has 0 unspecified atom stereocenters. The molecule has 0 radical (unpaired) electrons. The third-order valence-electron chi connectivity index (χ3n) is 1.92. The van der Waals surface area contributed by atoms with Gasteiger partial charge < -0.3 is 14.2 Å². The summed E-state index contributed by atoms with van der Waals surface area (Å²) in [6, 6.07) is 0. The highest BCUT2D eigenvalue weighted by Gasteiger charge is 2.30. The lowest BCUT2D eigenvalue weighted by Gasteiger charge is -2.01. The standard InChI is InChI=1S/C9H10N2O6/c1-15-7(12)4-5(8(13)16-2)10-11-6(4)9(14)17-3/h1-3H3,(H,10,11). The van der Waals surface area contributed by atoms with Gasteiger partial charge in [-0.15, -0.1) is 0 Å². The molecule has 0 amide bonds. The molecule has 1 aromatic rings. The molecular formula is C9H10N2O6. The van der Waals surface area contributed by atoms with E-state index in [1.807, 2.05) is 0 Å². The van der Waals surface area contributed by atoms with Crippen molar-refractivity contribution in [2.24, 2.45) is 0 Å². The van der Waals surface area contributed by atoms with Gasteiger partial charge in [-0.1, -0.05) is 0 Å². The van der Waals surface area contributed by atoms with E-state index in [0.717, 1.165) is 21.3 Å². The van der Waals surface area contributed by atoms with E-state index in [1.165, 1.54) is 0 Å². The minimum Gasteiger partial charge on any atom is -0.465 e. The lowest BCUT2D eigenvalue weighted by Crippen LogP contribution is -2.14. The number of aromatic amines is 1. The van der Waals surface area contributed by atoms with E-state index in [-0.39, 0.29) is 17.0 Å². The molecule has 92 valence electrons. The van der Waals surface area contributed by atoms with Gasteiger partial charge in [-0.2, -0.15) is 5.10 Å². The van der Waals surface area contributed by atoms with Gasteiger partial charge in [-0.05, 0) is 0 Å². The van der Waals surface area contributed by atoms with Crippen LogP contribution in [-0.4, -0.2) is 49.4 Å². The first-order chi connectivity index (χ1) is 8.06. The van der Waals surface area contributed by atoms with Crippen LogP contribution in [0.5, 0.6) is 0 Å². The largest absolute Gasteiger partial charge is 0.465 e. The van der Waals surface area contributed by atoms with Crippen LogP contribution in [0.3, 0.4) is 0 Å². The molecule has 0 spiro atoms. The van der Waals surface area contributed by atoms with Crippen molar-refractivity contribution in [3.8, 4) is 0 Å². The van der Waals surface area contributed by atoms with Crippen LogP contribution in [0.2, 0.25) is 0 Å². The lowest BCUT2D eigenvalue weighted by molar-refractivity contribution is 0.0536. The quantitative estimate of drug-likeness (QED) is 0.576. The molecule has 0 aromatic carbocycles. The van der Waals surface area contributed by atoms with Crippen molar-refractivity contribution >= 4 is 17.9 Å². The molecule has 0 saturated carbocycles. The zero-order valence-corrected chi connectivity index (χ0v) is 9.40. The second kappa shape index (κ2) is 5.10. The summed E-state index contributed by atoms with van der Waals surface area (Å²) in [6.07, 6.45) is 0. The maximum Gasteiger partial charge on any atom is 0.359 e. The molecule has 0 aliphatic heterocycles. The van der Waals surface area contributed by atoms with Crippen LogP contribution < -0.4 is 0 Å². The number of carbonyl (C=O) groups excluding carboxylic acids is 3. The highest BCUT2D eigenvalue weighted by molar-refractivity contribution is 6.08. The van der Waals surface area contributed by atoms with Gasteiger partial charge in [0.25, 0.3) is 0 Å². The fraction of sp³-hybridized carbons (Fsp3) is 0.333. The van der Waals surface area contributed by atoms with E-state index < -0.39 is 17.9 Å². The Morgan fingerprint density at radius 3 is 1.94 bits per heavy atom. The number of hydrogen-bond donors (Lipinski definition) is 1. The Bertz CT molecular complexity index is 431. The van der Waals surface area contributed by atoms with Crippen LogP contribution in [-0.2, 0) is 14.2 Å². The highest BCUT2D eigenvalue weighted by atomic mass is 16.5. The van der Waals surface area contributed by atoms with Crippen LogP contribution in [0.15, 0.2) is 0 Å². The van der Waals surface area contributed by atoms with Crippen molar-refractivity contribution in [2.75, 3.05) is 21.3 Å². The van der Waals surface area contributed by atoms with Crippen LogP contribution in [0, 0.1) is 0 Å². The van der Waals surface area contributed by atoms with E-state index in [2.05, 4.69) is 24.4 Å². The Labute approximate surface area is 95.8 Å². The molecule has 1 rings (SSSR count). The van der Waals surface area contributed by atoms with Crippen molar-refractivity contribution < 1.29 is 28.6 Å². The third-order valence-corrected chi connectivity index (χ3v) is 1.92. The van der Waals surface area contributed by atoms with Crippen molar-refractivity contribution in [1.82, 2.24) is 10.2 Å². The number of esters is 3. The number of nitrogens with zero attached hydrogens (tertiary/aromatic N) is 1. The van der Waals surface area contributed by atoms with Gasteiger partial charge in [0.15, 0.2) is 11.4 Å². The molecule has 1 heterocycles. The highest BCUT2D eigenvalue weighted by Crippen LogP contribution is 2.14. The van der Waals surface area contributed by atoms with E-state index >= 15 is 0 Å². The second-order valence-corrected chi connectivity index (χ2v) is 2.80. The van der Waals surface area contributed by atoms with Gasteiger partial charge in [0.2, 0.25) is 0 Å². The Morgan fingerprint density at radius 2 is 1.47 bits per heavy atom. The fourth-order valence-corrected chi connectivity index (χ4v) is 1.14. The lowest BCUT2D eigenvalue weighted by atomic mass is 10.2. The van der Waals surface area contributed by atoms with E-state index in [0.29, 0.717) is 0 Å². The van der Waals surface area contributed by atoms with Crippen molar-refractivity contribution in [1.29, 1.82) is 0 Å². The van der Waals surface area contributed by atoms with Crippen LogP contribution in [0.4, 0.5) is 0 Å². The normalized spacial score (nSPS) is 9.59. The number of nitrogens with one attached hydrogen (secondary N) is 1. The SMILES string of the molecule is COC(=O)c1n[nH]c(C(=O)OC)c1C(=O)OC. The van der Waals surface area contributed by atoms with Crippen LogP contribution in [0.1, 0.15) is 31.3 Å². The average Bonchev–Trinajstić information content (AvgIpc) is 2.80. The number of aromatic nitrogens is 2. The van der Waals surface area contributed by atoms with Crippen LogP contribution in [0.25, 0.3) is 0 Å². The van der Waals surface area contributed by atoms with Crippen molar-refractivity contribution in [3.05, 3.63) is 17.0 Å². The number of H-pyrrole nitrogens is 1. The van der Waals surface area contributed by atoms with Crippen molar-refractivity contribution in [3.63, 3.8) is 0 Å². The maximum absolute atomic E-state index is 11.5. The zero-order chi connectivity index (χ0) is 13.0. The summed E-state index contributed by atoms with van der Waals surface area (Å²) < 4.78 is 13.3. The molecule has 1 aromatic heterocycles. The second-order valence-electron chi connectivity index (χ2n) is 2.80. The Hall–Kier alpha value is -2.38. The summed E-state index contributed by atoms with van der Waals surface area (Å²) in [4.78, 5) is 34.1. The molecule has 17 heavy (non-hydrogen) atoms. The Morgan fingerprint density at radius 1 is 0.941 bits per heavy atom. The zero-order valence-electron chi connectivity index (χ0n) is 9.40. The van der Waals surface area contributed by atoms with Gasteiger partial charge in [-0.25, -0.2) is 14.4 Å². The summed E-state index contributed by atoms with van der Waals surface area (Å²) in [5.74, 6) is -2.59. The number of carbonyl (C=O) groups is 3. The number of ether oxygens (including phenoxy) is 3. The molecule has 8 nitrogen and oxygen atoms in total. The van der Waals surface area contributed by atoms with E-state index in [4.69, 9.17) is 0 Å². The molecule has 0 saturated heterocycles. The summed E-state index contributed by atoms with van der Waals surface area (Å²) in [5, 5.41) is 5.75. The predicted octanol–water partition coefficient (Wildman–Crippen LogP) is -0.231. The molecule has 0 fully saturated rings. The summed E-state index contributed by atoms with van der Waals surface area (Å²) >= 11 is 0. The smallest absolute Gasteiger partial charge is 0.359 e. The summed E-state index contributed by atoms with van der Waals surface area (Å²) in [7, 11) is 3.36. The maximum atomic E-state index is 11.5. The third kappa shape index (κ3) is 2.25. The number of hydrogen-bond acceptors (Lipinski definition) is 7. The molecule has 0 aliphatic carbocycles. The minimum atomic E-state index is -0.889. The van der Waals surface area contributed by atoms with Gasteiger partial charge in [0.05, 0.1) is 21.3 Å². The first-order valence-corrected chi connectivity index (χ1v) is 4.40. The molecular weight excluding hydrogens is 232 g/mol. The summed E-state index contributed by atoms with van der Waals surface area (Å²) in [5.41, 5.74) is -0.911. The van der Waals surface area contributed by atoms with Crippen LogP contribution >= 0.6 is 0 Å². The van der Waals surface area contributed by atoms with Gasteiger partial charge in [0, 0.05) is 0 Å². The first-order valence-electron chi connectivity index (χ1n) is 4.40. The molecule has 0 aliphatic rings. The predicted molar refractivity (Wildman–Crippen MR) is 52.6 cm³/mol. The number of rotatable bonds is 3. The fourth-order valence-electron chi connectivity index (χ4n) is 1.14. The minimum absolute atomic E-state index is 0.264. The first kappa shape index (κ1) is 12.7. The molecule has 8 heteroatoms. The molecule has 1 N–H and O–H groups in total. The van der Waals surface area contributed by atoms with E-state index in [9.17, 15) is 14.4 Å². The Kier molecular flexibility index (Phi) is 3.81. The average molecular weight is 242 g/mol. The monoisotopic (exact) mass is 242 g/mol. The number of methoxy groups -OCH3 is 3. The van der Waals surface area contributed by atoms with Gasteiger partial charge in [0.1, 0.15) is 5.56 Å². The van der Waals surface area contributed by atoms with Gasteiger partial charge >= 0.3 is 17.9 Å². The summed E-state index contributed by atoms with van der Waals surface area (Å²) in [6.45, 7) is 0. The topological polar surface area (TPSA) is 108 Å². The van der Waals surface area contributed by atoms with Crippen molar-refractivity contribution in [2.45, 2.75) is 0 Å². The van der Waals surface area contributed by atoms with E-state index in [1.54, 1.807) is 0 Å². The Balaban J connectivity index is 3.34. The molecule has 0 atom stereocenters. The molecule has 0 bridgehead atoms. The van der Waals surface area contributed by atoms with Gasteiger partial charge in [-0.3, -0.25) is 5.10 Å².